The summed E-state index contributed by atoms with van der Waals surface area (Å²) in [5, 5.41) is 7.31. The SMILES string of the molecule is FC1(F)CC1c1ccc(-c2cccc3c(-c4cc5ccccc5c5ccccc45)cccc23)cc1. The smallest absolute Gasteiger partial charge is 0.206 e. The van der Waals surface area contributed by atoms with E-state index in [0.717, 1.165) is 22.1 Å². The van der Waals surface area contributed by atoms with Gasteiger partial charge in [-0.05, 0) is 66.2 Å². The zero-order chi connectivity index (χ0) is 23.6. The molecule has 0 N–H and O–H groups in total. The molecular weight excluding hydrogens is 434 g/mol. The molecule has 1 aliphatic rings. The van der Waals surface area contributed by atoms with Crippen LogP contribution >= 0.6 is 0 Å². The first-order valence-corrected chi connectivity index (χ1v) is 12.0. The van der Waals surface area contributed by atoms with Crippen LogP contribution in [0.25, 0.3) is 54.6 Å². The molecule has 6 aromatic rings. The fourth-order valence-electron chi connectivity index (χ4n) is 5.54. The quantitative estimate of drug-likeness (QED) is 0.233. The summed E-state index contributed by atoms with van der Waals surface area (Å²) in [5.41, 5.74) is 5.30. The summed E-state index contributed by atoms with van der Waals surface area (Å²) in [6.45, 7) is 0. The highest BCUT2D eigenvalue weighted by Gasteiger charge is 2.57. The molecule has 0 aromatic heterocycles. The lowest BCUT2D eigenvalue weighted by atomic mass is 9.89. The number of halogens is 2. The van der Waals surface area contributed by atoms with Gasteiger partial charge in [0.25, 0.3) is 5.92 Å². The van der Waals surface area contributed by atoms with Crippen LogP contribution in [-0.4, -0.2) is 5.92 Å². The Labute approximate surface area is 202 Å². The molecule has 7 rings (SSSR count). The highest BCUT2D eigenvalue weighted by molar-refractivity contribution is 6.17. The lowest BCUT2D eigenvalue weighted by Crippen LogP contribution is -1.92. The Bertz CT molecular complexity index is 1750. The van der Waals surface area contributed by atoms with E-state index >= 15 is 0 Å². The van der Waals surface area contributed by atoms with Gasteiger partial charge in [-0.1, -0.05) is 109 Å². The fourth-order valence-corrected chi connectivity index (χ4v) is 5.54. The first-order valence-electron chi connectivity index (χ1n) is 12.0. The molecule has 168 valence electrons. The normalized spacial score (nSPS) is 16.7. The van der Waals surface area contributed by atoms with Crippen LogP contribution < -0.4 is 0 Å². The van der Waals surface area contributed by atoms with Crippen molar-refractivity contribution in [3.63, 3.8) is 0 Å². The third kappa shape index (κ3) is 3.24. The lowest BCUT2D eigenvalue weighted by Gasteiger charge is -2.15. The van der Waals surface area contributed by atoms with Crippen LogP contribution in [0, 0.1) is 0 Å². The molecule has 0 bridgehead atoms. The van der Waals surface area contributed by atoms with Crippen LogP contribution in [0.15, 0.2) is 115 Å². The third-order valence-corrected chi connectivity index (χ3v) is 7.43. The van der Waals surface area contributed by atoms with Crippen LogP contribution in [0.4, 0.5) is 8.78 Å². The number of hydrogen-bond acceptors (Lipinski definition) is 0. The minimum Gasteiger partial charge on any atom is -0.206 e. The van der Waals surface area contributed by atoms with Gasteiger partial charge in [-0.15, -0.1) is 0 Å². The fraction of sp³-hybridized carbons (Fsp3) is 0.0909. The average molecular weight is 457 g/mol. The Morgan fingerprint density at radius 3 is 1.77 bits per heavy atom. The molecule has 1 aliphatic carbocycles. The van der Waals surface area contributed by atoms with E-state index in [2.05, 4.69) is 91.0 Å². The Morgan fingerprint density at radius 1 is 0.514 bits per heavy atom. The van der Waals surface area contributed by atoms with E-state index in [1.807, 2.05) is 24.3 Å². The summed E-state index contributed by atoms with van der Waals surface area (Å²) >= 11 is 0. The van der Waals surface area contributed by atoms with Gasteiger partial charge in [0.15, 0.2) is 0 Å². The highest BCUT2D eigenvalue weighted by atomic mass is 19.3. The van der Waals surface area contributed by atoms with Gasteiger partial charge in [-0.3, -0.25) is 0 Å². The second-order valence-corrected chi connectivity index (χ2v) is 9.54. The molecule has 6 aromatic carbocycles. The zero-order valence-electron chi connectivity index (χ0n) is 19.0. The maximum absolute atomic E-state index is 13.5. The predicted molar refractivity (Wildman–Crippen MR) is 142 cm³/mol. The molecular formula is C33H22F2. The summed E-state index contributed by atoms with van der Waals surface area (Å²) in [4.78, 5) is 0. The summed E-state index contributed by atoms with van der Waals surface area (Å²) < 4.78 is 27.1. The van der Waals surface area contributed by atoms with Crippen molar-refractivity contribution in [1.29, 1.82) is 0 Å². The Morgan fingerprint density at radius 2 is 1.06 bits per heavy atom. The maximum Gasteiger partial charge on any atom is 0.255 e. The van der Waals surface area contributed by atoms with Crippen molar-refractivity contribution in [1.82, 2.24) is 0 Å². The van der Waals surface area contributed by atoms with Gasteiger partial charge in [-0.2, -0.15) is 0 Å². The molecule has 1 saturated carbocycles. The maximum atomic E-state index is 13.5. The largest absolute Gasteiger partial charge is 0.255 e. The first kappa shape index (κ1) is 20.3. The Hall–Kier alpha value is -4.04. The summed E-state index contributed by atoms with van der Waals surface area (Å²) in [6.07, 6.45) is -0.0380. The van der Waals surface area contributed by atoms with Gasteiger partial charge in [-0.25, -0.2) is 8.78 Å². The van der Waals surface area contributed by atoms with Crippen LogP contribution in [-0.2, 0) is 0 Å². The van der Waals surface area contributed by atoms with Crippen molar-refractivity contribution in [2.45, 2.75) is 18.3 Å². The standard InChI is InChI=1S/C33H22F2/c34-33(35)20-32(33)22-17-15-21(16-18-22)24-11-5-13-28-27(24)12-6-14-30(28)31-19-23-7-1-2-8-25(23)26-9-3-4-10-29(26)31/h1-19,32H,20H2. The molecule has 0 aliphatic heterocycles. The number of benzene rings is 6. The monoisotopic (exact) mass is 456 g/mol. The number of hydrogen-bond donors (Lipinski definition) is 0. The van der Waals surface area contributed by atoms with E-state index in [4.69, 9.17) is 0 Å². The highest BCUT2D eigenvalue weighted by Crippen LogP contribution is 2.55. The van der Waals surface area contributed by atoms with Crippen LogP contribution in [0.5, 0.6) is 0 Å². The summed E-state index contributed by atoms with van der Waals surface area (Å²) in [7, 11) is 0. The number of fused-ring (bicyclic) bond motifs is 4. The Kier molecular flexibility index (Phi) is 4.35. The van der Waals surface area contributed by atoms with Crippen molar-refractivity contribution in [3.8, 4) is 22.3 Å². The van der Waals surface area contributed by atoms with E-state index in [9.17, 15) is 8.78 Å². The minimum atomic E-state index is -2.54. The first-order chi connectivity index (χ1) is 17.1. The predicted octanol–water partition coefficient (Wildman–Crippen LogP) is 9.60. The van der Waals surface area contributed by atoms with Crippen molar-refractivity contribution in [3.05, 3.63) is 121 Å². The molecule has 0 amide bonds. The number of rotatable bonds is 3. The van der Waals surface area contributed by atoms with Gasteiger partial charge in [0.1, 0.15) is 0 Å². The van der Waals surface area contributed by atoms with Gasteiger partial charge in [0.05, 0.1) is 5.92 Å². The summed E-state index contributed by atoms with van der Waals surface area (Å²) in [5.74, 6) is -3.17. The van der Waals surface area contributed by atoms with Crippen molar-refractivity contribution in [2.24, 2.45) is 0 Å². The molecule has 1 unspecified atom stereocenters. The minimum absolute atomic E-state index is 0.0380. The molecule has 0 nitrogen and oxygen atoms in total. The molecule has 0 saturated heterocycles. The zero-order valence-corrected chi connectivity index (χ0v) is 19.0. The second kappa shape index (κ2) is 7.48. The van der Waals surface area contributed by atoms with Crippen LogP contribution in [0.3, 0.4) is 0 Å². The van der Waals surface area contributed by atoms with E-state index in [1.54, 1.807) is 0 Å². The molecule has 0 heterocycles. The van der Waals surface area contributed by atoms with Crippen LogP contribution in [0.2, 0.25) is 0 Å². The van der Waals surface area contributed by atoms with Crippen LogP contribution in [0.1, 0.15) is 17.9 Å². The molecule has 0 spiro atoms. The average Bonchev–Trinajstić information content (AvgIpc) is 3.55. The Balaban J connectivity index is 1.42. The van der Waals surface area contributed by atoms with Crippen molar-refractivity contribution >= 4 is 32.3 Å². The van der Waals surface area contributed by atoms with E-state index in [-0.39, 0.29) is 6.42 Å². The number of alkyl halides is 2. The van der Waals surface area contributed by atoms with Gasteiger partial charge in [0.2, 0.25) is 0 Å². The summed E-state index contributed by atoms with van der Waals surface area (Å²) in [6, 6.07) is 40.0. The van der Waals surface area contributed by atoms with Gasteiger partial charge in [0, 0.05) is 6.42 Å². The third-order valence-electron chi connectivity index (χ3n) is 7.43. The molecule has 1 atom stereocenters. The molecule has 1 fully saturated rings. The molecule has 0 radical (unpaired) electrons. The van der Waals surface area contributed by atoms with E-state index in [1.165, 1.54) is 38.1 Å². The second-order valence-electron chi connectivity index (χ2n) is 9.54. The van der Waals surface area contributed by atoms with E-state index in [0.29, 0.717) is 0 Å². The van der Waals surface area contributed by atoms with Crippen molar-refractivity contribution < 1.29 is 8.78 Å². The van der Waals surface area contributed by atoms with Crippen molar-refractivity contribution in [2.75, 3.05) is 0 Å². The molecule has 2 heteroatoms. The van der Waals surface area contributed by atoms with E-state index < -0.39 is 11.8 Å². The lowest BCUT2D eigenvalue weighted by molar-refractivity contribution is 0.112. The van der Waals surface area contributed by atoms with Gasteiger partial charge >= 0.3 is 0 Å². The topological polar surface area (TPSA) is 0 Å². The molecule has 35 heavy (non-hydrogen) atoms. The van der Waals surface area contributed by atoms with Gasteiger partial charge < -0.3 is 0 Å².